The molecule has 1 unspecified atom stereocenters. The Morgan fingerprint density at radius 3 is 1.92 bits per heavy atom. The Balaban J connectivity index is 3.72. The number of ether oxygens (including phenoxy) is 2. The largest absolute Gasteiger partial charge is 0.346 e. The molecule has 0 saturated heterocycles. The molecule has 5 heteroatoms. The van der Waals surface area contributed by atoms with E-state index in [4.69, 9.17) is 14.0 Å². The smallest absolute Gasteiger partial charge is 0.228 e. The van der Waals surface area contributed by atoms with Gasteiger partial charge in [0.1, 0.15) is 0 Å². The quantitative estimate of drug-likeness (QED) is 0.497. The van der Waals surface area contributed by atoms with Gasteiger partial charge in [0.2, 0.25) is 14.4 Å². The predicted molar refractivity (Wildman–Crippen MR) is 47.8 cm³/mol. The van der Waals surface area contributed by atoms with Crippen LogP contribution < -0.4 is 0 Å². The van der Waals surface area contributed by atoms with Crippen LogP contribution >= 0.6 is 8.38 Å². The average Bonchev–Trinajstić information content (AvgIpc) is 2.04. The van der Waals surface area contributed by atoms with Crippen molar-refractivity contribution in [1.82, 2.24) is 0 Å². The molecule has 0 aromatic heterocycles. The van der Waals surface area contributed by atoms with Crippen molar-refractivity contribution in [2.24, 2.45) is 0 Å². The van der Waals surface area contributed by atoms with Crippen LogP contribution in [0.25, 0.3) is 0 Å². The van der Waals surface area contributed by atoms with Crippen LogP contribution in [0.1, 0.15) is 20.8 Å². The number of hydrogen-bond acceptors (Lipinski definition) is 4. The predicted octanol–water partition coefficient (Wildman–Crippen LogP) is 1.68. The Morgan fingerprint density at radius 2 is 1.58 bits per heavy atom. The molecule has 0 saturated carbocycles. The van der Waals surface area contributed by atoms with Crippen molar-refractivity contribution in [1.29, 1.82) is 0 Å². The monoisotopic (exact) mass is 196 g/mol. The summed E-state index contributed by atoms with van der Waals surface area (Å²) in [6.07, 6.45) is 0. The molecular formula is C7H17O4P. The second kappa shape index (κ2) is 7.90. The third kappa shape index (κ3) is 5.01. The van der Waals surface area contributed by atoms with E-state index in [1.165, 1.54) is 0 Å². The molecule has 0 bridgehead atoms. The lowest BCUT2D eigenvalue weighted by Crippen LogP contribution is -2.16. The van der Waals surface area contributed by atoms with Crippen molar-refractivity contribution < 1.29 is 18.9 Å². The molecule has 1 atom stereocenters. The van der Waals surface area contributed by atoms with Gasteiger partial charge in [-0.05, 0) is 20.8 Å². The molecule has 0 aliphatic carbocycles. The zero-order chi connectivity index (χ0) is 9.40. The van der Waals surface area contributed by atoms with Gasteiger partial charge in [-0.2, -0.15) is 0 Å². The molecule has 4 nitrogen and oxygen atoms in total. The molecule has 0 heterocycles. The number of hydrogen-bond donors (Lipinski definition) is 1. The fourth-order valence-electron chi connectivity index (χ4n) is 0.654. The average molecular weight is 196 g/mol. The van der Waals surface area contributed by atoms with E-state index in [9.17, 15) is 4.89 Å². The summed E-state index contributed by atoms with van der Waals surface area (Å²) < 4.78 is 15.2. The molecule has 0 aromatic rings. The van der Waals surface area contributed by atoms with Crippen LogP contribution in [0.3, 0.4) is 0 Å². The molecule has 0 aliphatic rings. The van der Waals surface area contributed by atoms with Crippen molar-refractivity contribution in [3.8, 4) is 0 Å². The fourth-order valence-corrected chi connectivity index (χ4v) is 1.59. The minimum atomic E-state index is -1.60. The SMILES string of the molecule is CCOC(OCC)P(O)OCC. The zero-order valence-electron chi connectivity index (χ0n) is 7.82. The molecule has 0 aromatic carbocycles. The lowest BCUT2D eigenvalue weighted by molar-refractivity contribution is -0.0891. The topological polar surface area (TPSA) is 47.9 Å². The molecule has 74 valence electrons. The van der Waals surface area contributed by atoms with E-state index in [-0.39, 0.29) is 0 Å². The molecule has 0 amide bonds. The van der Waals surface area contributed by atoms with Crippen molar-refractivity contribution in [3.63, 3.8) is 0 Å². The molecule has 0 radical (unpaired) electrons. The first-order chi connectivity index (χ1) is 5.76. The van der Waals surface area contributed by atoms with Crippen molar-refractivity contribution in [2.45, 2.75) is 26.8 Å². The first-order valence-electron chi connectivity index (χ1n) is 4.10. The van der Waals surface area contributed by atoms with Gasteiger partial charge in [0.25, 0.3) is 0 Å². The van der Waals surface area contributed by atoms with Gasteiger partial charge in [-0.3, -0.25) is 0 Å². The second-order valence-corrected chi connectivity index (χ2v) is 3.22. The summed E-state index contributed by atoms with van der Waals surface area (Å²) in [5.41, 5.74) is 0. The van der Waals surface area contributed by atoms with Crippen LogP contribution in [-0.4, -0.2) is 30.7 Å². The fraction of sp³-hybridized carbons (Fsp3) is 1.00. The summed E-state index contributed by atoms with van der Waals surface area (Å²) in [6, 6.07) is -0.602. The molecular weight excluding hydrogens is 179 g/mol. The van der Waals surface area contributed by atoms with Gasteiger partial charge in [-0.15, -0.1) is 0 Å². The van der Waals surface area contributed by atoms with E-state index < -0.39 is 14.4 Å². The maximum atomic E-state index is 9.36. The second-order valence-electron chi connectivity index (χ2n) is 1.94. The third-order valence-electron chi connectivity index (χ3n) is 1.06. The Labute approximate surface area is 74.7 Å². The van der Waals surface area contributed by atoms with Crippen molar-refractivity contribution in [3.05, 3.63) is 0 Å². The summed E-state index contributed by atoms with van der Waals surface area (Å²) in [7, 11) is -1.60. The van der Waals surface area contributed by atoms with E-state index in [1.54, 1.807) is 0 Å². The Bertz CT molecular complexity index is 95.4. The van der Waals surface area contributed by atoms with Crippen LogP contribution in [0.2, 0.25) is 0 Å². The highest BCUT2D eigenvalue weighted by molar-refractivity contribution is 7.46. The maximum Gasteiger partial charge on any atom is 0.228 e. The molecule has 1 N–H and O–H groups in total. The highest BCUT2D eigenvalue weighted by Crippen LogP contribution is 2.38. The van der Waals surface area contributed by atoms with Crippen molar-refractivity contribution in [2.75, 3.05) is 19.8 Å². The van der Waals surface area contributed by atoms with Gasteiger partial charge in [-0.1, -0.05) is 0 Å². The summed E-state index contributed by atoms with van der Waals surface area (Å²) >= 11 is 0. The zero-order valence-corrected chi connectivity index (χ0v) is 8.71. The Hall–Kier alpha value is 0.270. The molecule has 0 fully saturated rings. The van der Waals surface area contributed by atoms with Gasteiger partial charge >= 0.3 is 0 Å². The Kier molecular flexibility index (Phi) is 8.07. The third-order valence-corrected chi connectivity index (χ3v) is 2.24. The molecule has 0 rings (SSSR count). The summed E-state index contributed by atoms with van der Waals surface area (Å²) in [4.78, 5) is 9.36. The minimum Gasteiger partial charge on any atom is -0.346 e. The maximum absolute atomic E-state index is 9.36. The standard InChI is InChI=1S/C7H17O4P/c1-4-9-7(10-5-2)12(8)11-6-3/h7-8H,4-6H2,1-3H3. The van der Waals surface area contributed by atoms with Gasteiger partial charge in [0.05, 0.1) is 6.61 Å². The van der Waals surface area contributed by atoms with Gasteiger partial charge in [0, 0.05) is 13.2 Å². The molecule has 12 heavy (non-hydrogen) atoms. The lowest BCUT2D eigenvalue weighted by atomic mass is 10.9. The van der Waals surface area contributed by atoms with Gasteiger partial charge in [-0.25, -0.2) is 0 Å². The lowest BCUT2D eigenvalue weighted by Gasteiger charge is -2.20. The minimum absolute atomic E-state index is 0.471. The number of rotatable bonds is 7. The van der Waals surface area contributed by atoms with Gasteiger partial charge in [0.15, 0.2) is 0 Å². The summed E-state index contributed by atoms with van der Waals surface area (Å²) in [5, 5.41) is 0. The van der Waals surface area contributed by atoms with Crippen LogP contribution in [0, 0.1) is 0 Å². The van der Waals surface area contributed by atoms with E-state index in [0.717, 1.165) is 0 Å². The normalized spacial score (nSPS) is 13.8. The van der Waals surface area contributed by atoms with Crippen molar-refractivity contribution >= 4 is 8.38 Å². The highest BCUT2D eigenvalue weighted by Gasteiger charge is 2.20. The van der Waals surface area contributed by atoms with E-state index in [0.29, 0.717) is 19.8 Å². The van der Waals surface area contributed by atoms with Crippen LogP contribution in [0.5, 0.6) is 0 Å². The first kappa shape index (κ1) is 12.3. The van der Waals surface area contributed by atoms with Crippen LogP contribution in [-0.2, 0) is 14.0 Å². The summed E-state index contributed by atoms with van der Waals surface area (Å²) in [6.45, 7) is 7.01. The van der Waals surface area contributed by atoms with E-state index in [1.807, 2.05) is 20.8 Å². The van der Waals surface area contributed by atoms with E-state index in [2.05, 4.69) is 0 Å². The van der Waals surface area contributed by atoms with Crippen LogP contribution in [0.15, 0.2) is 0 Å². The van der Waals surface area contributed by atoms with Gasteiger partial charge < -0.3 is 18.9 Å². The molecule has 0 spiro atoms. The first-order valence-corrected chi connectivity index (χ1v) is 5.38. The Morgan fingerprint density at radius 1 is 1.08 bits per heavy atom. The molecule has 0 aliphatic heterocycles. The summed E-state index contributed by atoms with van der Waals surface area (Å²) in [5.74, 6) is 0. The highest BCUT2D eigenvalue weighted by atomic mass is 31.2. The van der Waals surface area contributed by atoms with E-state index >= 15 is 0 Å². The van der Waals surface area contributed by atoms with Crippen LogP contribution in [0.4, 0.5) is 0 Å².